The van der Waals surface area contributed by atoms with Gasteiger partial charge >= 0.3 is 6.18 Å². The van der Waals surface area contributed by atoms with Crippen molar-refractivity contribution in [2.24, 2.45) is 0 Å². The van der Waals surface area contributed by atoms with Gasteiger partial charge in [-0.1, -0.05) is 35.9 Å². The first-order chi connectivity index (χ1) is 12.5. The third-order valence-electron chi connectivity index (χ3n) is 3.85. The number of amides is 1. The lowest BCUT2D eigenvalue weighted by Gasteiger charge is -2.18. The minimum atomic E-state index is -4.66. The largest absolute Gasteiger partial charge is 0.416 e. The number of carbonyl (C=O) groups is 1. The Hall–Kier alpha value is -2.39. The molecule has 2 aromatic rings. The molecule has 0 fully saturated rings. The summed E-state index contributed by atoms with van der Waals surface area (Å²) >= 11 is 0. The highest BCUT2D eigenvalue weighted by Gasteiger charge is 2.31. The van der Waals surface area contributed by atoms with Gasteiger partial charge in [0.15, 0.2) is 0 Å². The predicted octanol–water partition coefficient (Wildman–Crippen LogP) is 2.95. The minimum absolute atomic E-state index is 0.282. The maximum atomic E-state index is 12.7. The predicted molar refractivity (Wildman–Crippen MR) is 94.3 cm³/mol. The van der Waals surface area contributed by atoms with Gasteiger partial charge in [0.1, 0.15) is 0 Å². The molecule has 0 aliphatic rings. The zero-order valence-corrected chi connectivity index (χ0v) is 15.6. The van der Waals surface area contributed by atoms with Crippen molar-refractivity contribution >= 4 is 15.9 Å². The van der Waals surface area contributed by atoms with Crippen LogP contribution in [0.4, 0.5) is 13.2 Å². The summed E-state index contributed by atoms with van der Waals surface area (Å²) in [6, 6.07) is 10.8. The molecular formula is C18H19F3N2O3S. The van der Waals surface area contributed by atoms with E-state index in [0.717, 1.165) is 29.3 Å². The zero-order valence-electron chi connectivity index (χ0n) is 14.7. The molecule has 0 aromatic heterocycles. The van der Waals surface area contributed by atoms with Crippen molar-refractivity contribution in [2.45, 2.75) is 24.5 Å². The molecule has 0 aliphatic heterocycles. The van der Waals surface area contributed by atoms with Gasteiger partial charge in [-0.25, -0.2) is 13.1 Å². The first kappa shape index (κ1) is 20.9. The molecule has 0 spiro atoms. The van der Waals surface area contributed by atoms with Crippen molar-refractivity contribution in [1.29, 1.82) is 0 Å². The van der Waals surface area contributed by atoms with Crippen LogP contribution < -0.4 is 4.72 Å². The maximum Gasteiger partial charge on any atom is 0.416 e. The number of halogens is 3. The van der Waals surface area contributed by atoms with Gasteiger partial charge in [0.2, 0.25) is 15.9 Å². The van der Waals surface area contributed by atoms with Crippen LogP contribution in [0, 0.1) is 6.92 Å². The Morgan fingerprint density at radius 1 is 1.11 bits per heavy atom. The van der Waals surface area contributed by atoms with Crippen LogP contribution >= 0.6 is 0 Å². The Morgan fingerprint density at radius 2 is 1.74 bits per heavy atom. The third kappa shape index (κ3) is 5.80. The van der Waals surface area contributed by atoms with Gasteiger partial charge in [-0.3, -0.25) is 4.79 Å². The second kappa shape index (κ2) is 8.10. The minimum Gasteiger partial charge on any atom is -0.340 e. The van der Waals surface area contributed by atoms with Gasteiger partial charge in [-0.2, -0.15) is 13.2 Å². The SMILES string of the molecule is Cc1ccc(CN(C)C(=O)CNS(=O)(=O)c2cccc(C(F)(F)F)c2)cc1. The summed E-state index contributed by atoms with van der Waals surface area (Å²) in [5.74, 6) is -0.508. The quantitative estimate of drug-likeness (QED) is 0.811. The van der Waals surface area contributed by atoms with Crippen molar-refractivity contribution in [1.82, 2.24) is 9.62 Å². The van der Waals surface area contributed by atoms with Gasteiger partial charge < -0.3 is 4.90 Å². The average Bonchev–Trinajstić information content (AvgIpc) is 2.61. The smallest absolute Gasteiger partial charge is 0.340 e. The highest BCUT2D eigenvalue weighted by atomic mass is 32.2. The van der Waals surface area contributed by atoms with Crippen LogP contribution in [0.2, 0.25) is 0 Å². The number of sulfonamides is 1. The molecule has 0 heterocycles. The van der Waals surface area contributed by atoms with Crippen molar-refractivity contribution in [3.8, 4) is 0 Å². The van der Waals surface area contributed by atoms with E-state index in [4.69, 9.17) is 0 Å². The molecule has 0 aliphatic carbocycles. The lowest BCUT2D eigenvalue weighted by Crippen LogP contribution is -2.37. The Kier molecular flexibility index (Phi) is 6.27. The highest BCUT2D eigenvalue weighted by molar-refractivity contribution is 7.89. The lowest BCUT2D eigenvalue weighted by molar-refractivity contribution is -0.137. The molecule has 0 unspecified atom stereocenters. The third-order valence-corrected chi connectivity index (χ3v) is 5.25. The van der Waals surface area contributed by atoms with E-state index in [0.29, 0.717) is 6.07 Å². The number of carbonyl (C=O) groups excluding carboxylic acids is 1. The van der Waals surface area contributed by atoms with Crippen LogP contribution in [-0.2, 0) is 27.5 Å². The van der Waals surface area contributed by atoms with E-state index >= 15 is 0 Å². The summed E-state index contributed by atoms with van der Waals surface area (Å²) in [6.07, 6.45) is -4.66. The number of nitrogens with zero attached hydrogens (tertiary/aromatic N) is 1. The van der Waals surface area contributed by atoms with Gasteiger partial charge in [0.05, 0.1) is 17.0 Å². The second-order valence-electron chi connectivity index (χ2n) is 6.09. The number of alkyl halides is 3. The number of nitrogens with one attached hydrogen (secondary N) is 1. The summed E-state index contributed by atoms with van der Waals surface area (Å²) < 4.78 is 64.6. The average molecular weight is 400 g/mol. The number of benzene rings is 2. The van der Waals surface area contributed by atoms with Crippen molar-refractivity contribution in [3.63, 3.8) is 0 Å². The molecule has 146 valence electrons. The first-order valence-electron chi connectivity index (χ1n) is 7.95. The fraction of sp³-hybridized carbons (Fsp3) is 0.278. The number of hydrogen-bond donors (Lipinski definition) is 1. The highest BCUT2D eigenvalue weighted by Crippen LogP contribution is 2.30. The van der Waals surface area contributed by atoms with Crippen LogP contribution in [0.25, 0.3) is 0 Å². The molecule has 0 saturated heterocycles. The van der Waals surface area contributed by atoms with Gasteiger partial charge in [0.25, 0.3) is 0 Å². The summed E-state index contributed by atoms with van der Waals surface area (Å²) in [7, 11) is -2.73. The molecular weight excluding hydrogens is 381 g/mol. The topological polar surface area (TPSA) is 66.5 Å². The van der Waals surface area contributed by atoms with E-state index in [2.05, 4.69) is 0 Å². The summed E-state index contributed by atoms with van der Waals surface area (Å²) in [5.41, 5.74) is 0.868. The Balaban J connectivity index is 2.01. The monoisotopic (exact) mass is 400 g/mol. The normalized spacial score (nSPS) is 12.0. The Bertz CT molecular complexity index is 910. The van der Waals surface area contributed by atoms with E-state index in [-0.39, 0.29) is 6.54 Å². The summed E-state index contributed by atoms with van der Waals surface area (Å²) in [5, 5.41) is 0. The fourth-order valence-electron chi connectivity index (χ4n) is 2.27. The molecule has 5 nitrogen and oxygen atoms in total. The van der Waals surface area contributed by atoms with Crippen molar-refractivity contribution in [3.05, 3.63) is 65.2 Å². The van der Waals surface area contributed by atoms with Crippen LogP contribution in [-0.4, -0.2) is 32.8 Å². The van der Waals surface area contributed by atoms with Gasteiger partial charge in [0, 0.05) is 13.6 Å². The fourth-order valence-corrected chi connectivity index (χ4v) is 3.29. The number of aryl methyl sites for hydroxylation is 1. The van der Waals surface area contributed by atoms with Crippen LogP contribution in [0.1, 0.15) is 16.7 Å². The zero-order chi connectivity index (χ0) is 20.2. The summed E-state index contributed by atoms with van der Waals surface area (Å²) in [4.78, 5) is 12.9. The Morgan fingerprint density at radius 3 is 2.33 bits per heavy atom. The molecule has 0 radical (unpaired) electrons. The number of hydrogen-bond acceptors (Lipinski definition) is 3. The number of rotatable bonds is 6. The maximum absolute atomic E-state index is 12.7. The van der Waals surface area contributed by atoms with E-state index in [1.54, 1.807) is 0 Å². The van der Waals surface area contributed by atoms with Gasteiger partial charge in [-0.15, -0.1) is 0 Å². The Labute approximate surface area is 155 Å². The van der Waals surface area contributed by atoms with Gasteiger partial charge in [-0.05, 0) is 30.7 Å². The van der Waals surface area contributed by atoms with Crippen LogP contribution in [0.5, 0.6) is 0 Å². The van der Waals surface area contributed by atoms with E-state index in [1.165, 1.54) is 11.9 Å². The molecule has 1 N–H and O–H groups in total. The van der Waals surface area contributed by atoms with E-state index in [9.17, 15) is 26.4 Å². The van der Waals surface area contributed by atoms with Crippen LogP contribution in [0.15, 0.2) is 53.4 Å². The molecule has 2 aromatic carbocycles. The molecule has 1 amide bonds. The molecule has 27 heavy (non-hydrogen) atoms. The number of likely N-dealkylation sites (N-methyl/N-ethyl adjacent to an activating group) is 1. The van der Waals surface area contributed by atoms with Crippen molar-refractivity contribution < 1.29 is 26.4 Å². The summed E-state index contributed by atoms with van der Waals surface area (Å²) in [6.45, 7) is 1.66. The molecule has 0 bridgehead atoms. The lowest BCUT2D eigenvalue weighted by atomic mass is 10.1. The molecule has 0 atom stereocenters. The first-order valence-corrected chi connectivity index (χ1v) is 9.44. The van der Waals surface area contributed by atoms with E-state index < -0.39 is 39.1 Å². The van der Waals surface area contributed by atoms with Crippen molar-refractivity contribution in [2.75, 3.05) is 13.6 Å². The second-order valence-corrected chi connectivity index (χ2v) is 7.85. The van der Waals surface area contributed by atoms with Crippen LogP contribution in [0.3, 0.4) is 0 Å². The standard InChI is InChI=1S/C18H19F3N2O3S/c1-13-6-8-14(9-7-13)12-23(2)17(24)11-22-27(25,26)16-5-3-4-15(10-16)18(19,20)21/h3-10,22H,11-12H2,1-2H3. The molecule has 0 saturated carbocycles. The molecule has 9 heteroatoms. The molecule has 2 rings (SSSR count). The van der Waals surface area contributed by atoms with E-state index in [1.807, 2.05) is 35.9 Å².